The number of benzene rings is 1. The summed E-state index contributed by atoms with van der Waals surface area (Å²) in [6, 6.07) is 4.44. The maximum absolute atomic E-state index is 14.8. The Balaban J connectivity index is 1.56. The normalized spacial score (nSPS) is 28.3. The van der Waals surface area contributed by atoms with Crippen molar-refractivity contribution in [3.63, 3.8) is 0 Å². The van der Waals surface area contributed by atoms with Gasteiger partial charge in [0, 0.05) is 12.0 Å². The van der Waals surface area contributed by atoms with Gasteiger partial charge in [-0.25, -0.2) is 13.2 Å². The number of unbranched alkanes of at least 4 members (excludes halogenated alkanes) is 1. The van der Waals surface area contributed by atoms with E-state index in [2.05, 4.69) is 6.92 Å². The van der Waals surface area contributed by atoms with Gasteiger partial charge < -0.3 is 0 Å². The van der Waals surface area contributed by atoms with Gasteiger partial charge in [0.25, 0.3) is 0 Å². The molecular weight excluding hydrogens is 381 g/mol. The molecule has 1 aromatic rings. The van der Waals surface area contributed by atoms with Gasteiger partial charge in [0.15, 0.2) is 5.83 Å². The Morgan fingerprint density at radius 1 is 0.867 bits per heavy atom. The van der Waals surface area contributed by atoms with E-state index in [1.54, 1.807) is 12.1 Å². The molecule has 0 spiro atoms. The third-order valence-corrected chi connectivity index (χ3v) is 7.71. The standard InChI is InChI=1S/C27H39F3/c1-3-5-7-25(28)27(30)23-16-17-24(26(29)18-23)22-14-12-21(13-15-22)20-10-8-19(6-4-2)9-11-20/h16-22H,3-15H2,1-2H3/b27-25+. The van der Waals surface area contributed by atoms with Crippen molar-refractivity contribution in [3.8, 4) is 0 Å². The number of hydrogen-bond acceptors (Lipinski definition) is 0. The van der Waals surface area contributed by atoms with Gasteiger partial charge in [-0.05, 0) is 80.2 Å². The van der Waals surface area contributed by atoms with Crippen LogP contribution in [0.4, 0.5) is 13.2 Å². The third kappa shape index (κ3) is 5.92. The van der Waals surface area contributed by atoms with Gasteiger partial charge in [-0.15, -0.1) is 0 Å². The minimum Gasteiger partial charge on any atom is -0.209 e. The van der Waals surface area contributed by atoms with Crippen molar-refractivity contribution in [3.05, 3.63) is 41.0 Å². The molecule has 3 rings (SSSR count). The smallest absolute Gasteiger partial charge is 0.161 e. The lowest BCUT2D eigenvalue weighted by molar-refractivity contribution is 0.156. The molecule has 0 heterocycles. The predicted molar refractivity (Wildman–Crippen MR) is 120 cm³/mol. The van der Waals surface area contributed by atoms with Gasteiger partial charge >= 0.3 is 0 Å². The summed E-state index contributed by atoms with van der Waals surface area (Å²) >= 11 is 0. The highest BCUT2D eigenvalue weighted by atomic mass is 19.2. The maximum Gasteiger partial charge on any atom is 0.161 e. The van der Waals surface area contributed by atoms with E-state index in [0.29, 0.717) is 12.0 Å². The zero-order chi connectivity index (χ0) is 21.5. The van der Waals surface area contributed by atoms with E-state index in [-0.39, 0.29) is 23.7 Å². The summed E-state index contributed by atoms with van der Waals surface area (Å²) in [6.45, 7) is 4.22. The average molecular weight is 421 g/mol. The van der Waals surface area contributed by atoms with Crippen LogP contribution in [-0.2, 0) is 0 Å². The van der Waals surface area contributed by atoms with E-state index in [1.165, 1.54) is 57.4 Å². The molecule has 0 saturated heterocycles. The van der Waals surface area contributed by atoms with Gasteiger partial charge in [-0.3, -0.25) is 0 Å². The van der Waals surface area contributed by atoms with Crippen LogP contribution in [0.25, 0.3) is 5.83 Å². The van der Waals surface area contributed by atoms with Gasteiger partial charge in [0.05, 0.1) is 0 Å². The van der Waals surface area contributed by atoms with E-state index in [0.717, 1.165) is 37.0 Å². The predicted octanol–water partition coefficient (Wildman–Crippen LogP) is 9.50. The van der Waals surface area contributed by atoms with Crippen molar-refractivity contribution < 1.29 is 13.2 Å². The Labute approximate surface area is 181 Å². The summed E-state index contributed by atoms with van der Waals surface area (Å²) in [4.78, 5) is 0. The van der Waals surface area contributed by atoms with Crippen molar-refractivity contribution >= 4 is 5.83 Å². The molecule has 0 aromatic heterocycles. The van der Waals surface area contributed by atoms with Crippen molar-refractivity contribution in [1.82, 2.24) is 0 Å². The fraction of sp³-hybridized carbons (Fsp3) is 0.704. The van der Waals surface area contributed by atoms with Crippen molar-refractivity contribution in [2.24, 2.45) is 17.8 Å². The zero-order valence-electron chi connectivity index (χ0n) is 18.9. The molecule has 0 atom stereocenters. The summed E-state index contributed by atoms with van der Waals surface area (Å²) < 4.78 is 43.0. The number of rotatable bonds is 8. The quantitative estimate of drug-likeness (QED) is 0.393. The molecule has 0 nitrogen and oxygen atoms in total. The Morgan fingerprint density at radius 2 is 1.50 bits per heavy atom. The lowest BCUT2D eigenvalue weighted by Gasteiger charge is -2.38. The van der Waals surface area contributed by atoms with Crippen LogP contribution in [0, 0.1) is 23.6 Å². The molecule has 0 N–H and O–H groups in total. The average Bonchev–Trinajstić information content (AvgIpc) is 2.78. The summed E-state index contributed by atoms with van der Waals surface area (Å²) in [5, 5.41) is 0. The van der Waals surface area contributed by atoms with Crippen LogP contribution in [0.5, 0.6) is 0 Å². The monoisotopic (exact) mass is 420 g/mol. The topological polar surface area (TPSA) is 0 Å². The van der Waals surface area contributed by atoms with Crippen LogP contribution in [-0.4, -0.2) is 0 Å². The van der Waals surface area contributed by atoms with Gasteiger partial charge in [0.2, 0.25) is 0 Å². The fourth-order valence-corrected chi connectivity index (χ4v) is 5.85. The minimum absolute atomic E-state index is 0.0300. The Bertz CT molecular complexity index is 692. The largest absolute Gasteiger partial charge is 0.209 e. The second-order valence-corrected chi connectivity index (χ2v) is 9.74. The summed E-state index contributed by atoms with van der Waals surface area (Å²) in [7, 11) is 0. The lowest BCUT2D eigenvalue weighted by atomic mass is 9.68. The van der Waals surface area contributed by atoms with E-state index in [4.69, 9.17) is 0 Å². The maximum atomic E-state index is 14.8. The molecule has 1 aromatic carbocycles. The summed E-state index contributed by atoms with van der Waals surface area (Å²) in [5.41, 5.74) is 0.716. The SMILES string of the molecule is CCCC/C(F)=C(\F)c1ccc(C2CCC(C3CCC(CCC)CC3)CC2)c(F)c1. The highest BCUT2D eigenvalue weighted by molar-refractivity contribution is 5.61. The first-order valence-corrected chi connectivity index (χ1v) is 12.4. The first-order valence-electron chi connectivity index (χ1n) is 12.4. The second-order valence-electron chi connectivity index (χ2n) is 9.74. The molecule has 0 amide bonds. The van der Waals surface area contributed by atoms with Crippen LogP contribution in [0.2, 0.25) is 0 Å². The van der Waals surface area contributed by atoms with Crippen LogP contribution >= 0.6 is 0 Å². The van der Waals surface area contributed by atoms with Crippen LogP contribution in [0.1, 0.15) is 114 Å². The molecule has 0 aliphatic heterocycles. The van der Waals surface area contributed by atoms with E-state index >= 15 is 0 Å². The summed E-state index contributed by atoms with van der Waals surface area (Å²) in [5.74, 6) is 0.750. The molecule has 2 aliphatic carbocycles. The molecule has 0 radical (unpaired) electrons. The third-order valence-electron chi connectivity index (χ3n) is 7.71. The highest BCUT2D eigenvalue weighted by Gasteiger charge is 2.31. The van der Waals surface area contributed by atoms with Crippen molar-refractivity contribution in [1.29, 1.82) is 0 Å². The van der Waals surface area contributed by atoms with E-state index in [1.807, 2.05) is 6.92 Å². The molecule has 168 valence electrons. The van der Waals surface area contributed by atoms with E-state index < -0.39 is 11.7 Å². The van der Waals surface area contributed by atoms with Crippen molar-refractivity contribution in [2.45, 2.75) is 103 Å². The molecule has 2 aliphatic rings. The molecule has 2 fully saturated rings. The first kappa shape index (κ1) is 23.4. The van der Waals surface area contributed by atoms with E-state index in [9.17, 15) is 13.2 Å². The molecule has 3 heteroatoms. The summed E-state index contributed by atoms with van der Waals surface area (Å²) in [6.07, 6.45) is 14.1. The molecule has 30 heavy (non-hydrogen) atoms. The molecular formula is C27H39F3. The van der Waals surface area contributed by atoms with Crippen molar-refractivity contribution in [2.75, 3.05) is 0 Å². The van der Waals surface area contributed by atoms with Crippen LogP contribution < -0.4 is 0 Å². The zero-order valence-corrected chi connectivity index (χ0v) is 18.9. The Kier molecular flexibility index (Phi) is 8.89. The van der Waals surface area contributed by atoms with Gasteiger partial charge in [-0.1, -0.05) is 58.1 Å². The van der Waals surface area contributed by atoms with Gasteiger partial charge in [-0.2, -0.15) is 0 Å². The van der Waals surface area contributed by atoms with Crippen LogP contribution in [0.3, 0.4) is 0 Å². The minimum atomic E-state index is -0.906. The Hall–Kier alpha value is -1.25. The number of halogens is 3. The number of hydrogen-bond donors (Lipinski definition) is 0. The fourth-order valence-electron chi connectivity index (χ4n) is 5.85. The highest BCUT2D eigenvalue weighted by Crippen LogP contribution is 2.45. The number of allylic oxidation sites excluding steroid dienone is 1. The Morgan fingerprint density at radius 3 is 2.07 bits per heavy atom. The molecule has 0 bridgehead atoms. The van der Waals surface area contributed by atoms with Gasteiger partial charge in [0.1, 0.15) is 11.6 Å². The first-order chi connectivity index (χ1) is 14.5. The molecule has 2 saturated carbocycles. The lowest BCUT2D eigenvalue weighted by Crippen LogP contribution is -2.25. The second kappa shape index (κ2) is 11.4. The molecule has 0 unspecified atom stereocenters. The van der Waals surface area contributed by atoms with Crippen LogP contribution in [0.15, 0.2) is 24.0 Å².